The van der Waals surface area contributed by atoms with Crippen molar-refractivity contribution in [3.8, 4) is 11.5 Å². The van der Waals surface area contributed by atoms with Gasteiger partial charge in [0.05, 0.1) is 10.5 Å². The first-order chi connectivity index (χ1) is 16.4. The summed E-state index contributed by atoms with van der Waals surface area (Å²) in [5, 5.41) is 3.26. The Morgan fingerprint density at radius 1 is 1.24 bits per heavy atom. The van der Waals surface area contributed by atoms with E-state index in [0.717, 1.165) is 22.9 Å². The molecule has 1 amide bonds. The van der Waals surface area contributed by atoms with Gasteiger partial charge in [0, 0.05) is 19.3 Å². The molecule has 2 aromatic heterocycles. The molecule has 1 saturated heterocycles. The molecule has 172 valence electrons. The van der Waals surface area contributed by atoms with Crippen LogP contribution in [0.5, 0.6) is 11.5 Å². The number of thiocarbonyl (C=S) groups is 1. The van der Waals surface area contributed by atoms with E-state index in [1.807, 2.05) is 31.2 Å². The predicted octanol–water partition coefficient (Wildman–Crippen LogP) is 3.73. The lowest BCUT2D eigenvalue weighted by molar-refractivity contribution is -0.121. The summed E-state index contributed by atoms with van der Waals surface area (Å²) in [6, 6.07) is 9.32. The molecular weight excluding hydrogens is 472 g/mol. The van der Waals surface area contributed by atoms with Crippen LogP contribution in [0.2, 0.25) is 0 Å². The van der Waals surface area contributed by atoms with Gasteiger partial charge in [-0.25, -0.2) is 4.98 Å². The number of thioether (sulfide) groups is 1. The van der Waals surface area contributed by atoms with Crippen LogP contribution < -0.4 is 20.3 Å². The van der Waals surface area contributed by atoms with E-state index in [0.29, 0.717) is 45.3 Å². The normalized spacial score (nSPS) is 16.0. The van der Waals surface area contributed by atoms with Crippen LogP contribution in [-0.4, -0.2) is 37.8 Å². The van der Waals surface area contributed by atoms with Crippen LogP contribution in [0.1, 0.15) is 16.7 Å². The van der Waals surface area contributed by atoms with Crippen molar-refractivity contribution in [1.29, 1.82) is 0 Å². The van der Waals surface area contributed by atoms with Gasteiger partial charge in [-0.1, -0.05) is 42.2 Å². The molecule has 8 nitrogen and oxygen atoms in total. The molecule has 0 bridgehead atoms. The van der Waals surface area contributed by atoms with Crippen LogP contribution in [0, 0.1) is 6.92 Å². The molecule has 0 radical (unpaired) electrons. The van der Waals surface area contributed by atoms with Crippen molar-refractivity contribution in [2.24, 2.45) is 0 Å². The van der Waals surface area contributed by atoms with Crippen molar-refractivity contribution in [2.45, 2.75) is 13.5 Å². The van der Waals surface area contributed by atoms with Gasteiger partial charge in [0.1, 0.15) is 15.8 Å². The standard InChI is InChI=1S/C24H20N4O4S2/c1-3-8-27-23(30)19(34-24(27)33)10-16-21(26-20-7-4-14(2)12-28(20)22(16)29)25-11-15-5-6-17-18(9-15)32-13-31-17/h3-7,9-10,12,25H,1,8,11,13H2,2H3/b19-10-. The number of carbonyl (C=O) groups excluding carboxylic acids is 1. The number of carbonyl (C=O) groups is 1. The quantitative estimate of drug-likeness (QED) is 0.317. The minimum absolute atomic E-state index is 0.197. The number of nitrogens with one attached hydrogen (secondary N) is 1. The molecule has 0 atom stereocenters. The summed E-state index contributed by atoms with van der Waals surface area (Å²) in [6.45, 7) is 6.48. The summed E-state index contributed by atoms with van der Waals surface area (Å²) in [5.74, 6) is 1.49. The van der Waals surface area contributed by atoms with E-state index in [4.69, 9.17) is 21.7 Å². The number of hydrogen-bond donors (Lipinski definition) is 1. The first kappa shape index (κ1) is 22.2. The number of amides is 1. The fraction of sp³-hybridized carbons (Fsp3) is 0.167. The molecular formula is C24H20N4O4S2. The van der Waals surface area contributed by atoms with E-state index in [1.165, 1.54) is 9.30 Å². The van der Waals surface area contributed by atoms with Crippen LogP contribution in [0.25, 0.3) is 11.7 Å². The van der Waals surface area contributed by atoms with Gasteiger partial charge in [-0.3, -0.25) is 18.9 Å². The van der Waals surface area contributed by atoms with E-state index < -0.39 is 0 Å². The number of nitrogens with zero attached hydrogens (tertiary/aromatic N) is 3. The molecule has 4 heterocycles. The summed E-state index contributed by atoms with van der Waals surface area (Å²) in [5.41, 5.74) is 2.35. The molecule has 0 unspecified atom stereocenters. The molecule has 0 aliphatic carbocycles. The van der Waals surface area contributed by atoms with Gasteiger partial charge in [0.25, 0.3) is 11.5 Å². The fourth-order valence-electron chi connectivity index (χ4n) is 3.68. The number of ether oxygens (including phenoxy) is 2. The van der Waals surface area contributed by atoms with Crippen molar-refractivity contribution >= 4 is 51.7 Å². The van der Waals surface area contributed by atoms with Crippen molar-refractivity contribution < 1.29 is 14.3 Å². The monoisotopic (exact) mass is 492 g/mol. The molecule has 2 aliphatic heterocycles. The average molecular weight is 493 g/mol. The van der Waals surface area contributed by atoms with Crippen LogP contribution in [0.3, 0.4) is 0 Å². The molecule has 0 spiro atoms. The zero-order valence-corrected chi connectivity index (χ0v) is 19.9. The van der Waals surface area contributed by atoms with Crippen molar-refractivity contribution in [2.75, 3.05) is 18.7 Å². The molecule has 1 fully saturated rings. The lowest BCUT2D eigenvalue weighted by Gasteiger charge is -2.12. The third kappa shape index (κ3) is 4.06. The molecule has 3 aromatic rings. The zero-order valence-electron chi connectivity index (χ0n) is 18.2. The van der Waals surface area contributed by atoms with Crippen LogP contribution >= 0.6 is 24.0 Å². The molecule has 5 rings (SSSR count). The van der Waals surface area contributed by atoms with Gasteiger partial charge >= 0.3 is 0 Å². The van der Waals surface area contributed by atoms with Gasteiger partial charge in [-0.2, -0.15) is 0 Å². The van der Waals surface area contributed by atoms with E-state index in [1.54, 1.807) is 24.4 Å². The van der Waals surface area contributed by atoms with E-state index in [-0.39, 0.29) is 23.8 Å². The number of anilines is 1. The summed E-state index contributed by atoms with van der Waals surface area (Å²) in [7, 11) is 0. The first-order valence-electron chi connectivity index (χ1n) is 10.5. The maximum absolute atomic E-state index is 13.5. The lowest BCUT2D eigenvalue weighted by atomic mass is 10.2. The number of fused-ring (bicyclic) bond motifs is 2. The summed E-state index contributed by atoms with van der Waals surface area (Å²) in [6.07, 6.45) is 4.91. The Balaban J connectivity index is 1.55. The molecule has 2 aliphatic rings. The minimum Gasteiger partial charge on any atom is -0.454 e. The van der Waals surface area contributed by atoms with Gasteiger partial charge < -0.3 is 14.8 Å². The third-order valence-electron chi connectivity index (χ3n) is 5.36. The Hall–Kier alpha value is -3.63. The highest BCUT2D eigenvalue weighted by atomic mass is 32.2. The lowest BCUT2D eigenvalue weighted by Crippen LogP contribution is -2.28. The van der Waals surface area contributed by atoms with Gasteiger partial charge in [-0.15, -0.1) is 6.58 Å². The predicted molar refractivity (Wildman–Crippen MR) is 136 cm³/mol. The average Bonchev–Trinajstić information content (AvgIpc) is 3.40. The SMILES string of the molecule is C=CCN1C(=O)/C(=C/c2c(NCc3ccc4c(c3)OCO4)nc3ccc(C)cn3c2=O)SC1=S. The van der Waals surface area contributed by atoms with Gasteiger partial charge in [0.2, 0.25) is 6.79 Å². The number of hydrogen-bond acceptors (Lipinski definition) is 8. The molecule has 1 aromatic carbocycles. The Morgan fingerprint density at radius 2 is 2.06 bits per heavy atom. The summed E-state index contributed by atoms with van der Waals surface area (Å²) in [4.78, 5) is 32.8. The number of benzene rings is 1. The number of aryl methyl sites for hydroxylation is 1. The number of rotatable bonds is 6. The van der Waals surface area contributed by atoms with Crippen LogP contribution in [0.4, 0.5) is 5.82 Å². The smallest absolute Gasteiger partial charge is 0.267 e. The molecule has 1 N–H and O–H groups in total. The highest BCUT2D eigenvalue weighted by molar-refractivity contribution is 8.26. The Bertz CT molecular complexity index is 1450. The summed E-state index contributed by atoms with van der Waals surface area (Å²) < 4.78 is 12.7. The highest BCUT2D eigenvalue weighted by Crippen LogP contribution is 2.34. The van der Waals surface area contributed by atoms with Crippen molar-refractivity contribution in [1.82, 2.24) is 14.3 Å². The van der Waals surface area contributed by atoms with Crippen LogP contribution in [0.15, 0.2) is 58.9 Å². The van der Waals surface area contributed by atoms with Crippen molar-refractivity contribution in [3.63, 3.8) is 0 Å². The second-order valence-corrected chi connectivity index (χ2v) is 9.41. The van der Waals surface area contributed by atoms with E-state index in [2.05, 4.69) is 16.9 Å². The van der Waals surface area contributed by atoms with E-state index >= 15 is 0 Å². The zero-order chi connectivity index (χ0) is 23.8. The van der Waals surface area contributed by atoms with Gasteiger partial charge in [0.15, 0.2) is 11.5 Å². The fourth-order valence-corrected chi connectivity index (χ4v) is 4.93. The Morgan fingerprint density at radius 3 is 2.88 bits per heavy atom. The minimum atomic E-state index is -0.282. The highest BCUT2D eigenvalue weighted by Gasteiger charge is 2.31. The first-order valence-corrected chi connectivity index (χ1v) is 11.7. The number of aromatic nitrogens is 2. The topological polar surface area (TPSA) is 85.2 Å². The number of pyridine rings is 1. The second-order valence-electron chi connectivity index (χ2n) is 7.74. The Labute approximate surface area is 204 Å². The maximum atomic E-state index is 13.5. The maximum Gasteiger partial charge on any atom is 0.267 e. The molecule has 34 heavy (non-hydrogen) atoms. The summed E-state index contributed by atoms with van der Waals surface area (Å²) >= 11 is 6.49. The molecule has 10 heteroatoms. The van der Waals surface area contributed by atoms with Crippen LogP contribution in [-0.2, 0) is 11.3 Å². The molecule has 0 saturated carbocycles. The largest absolute Gasteiger partial charge is 0.454 e. The second kappa shape index (κ2) is 8.96. The van der Waals surface area contributed by atoms with E-state index in [9.17, 15) is 9.59 Å². The Kier molecular flexibility index (Phi) is 5.84. The van der Waals surface area contributed by atoms with Gasteiger partial charge in [-0.05, 0) is 42.3 Å². The third-order valence-corrected chi connectivity index (χ3v) is 6.74. The van der Waals surface area contributed by atoms with Crippen molar-refractivity contribution in [3.05, 3.63) is 81.1 Å².